The minimum atomic E-state index is -4.33. The molecule has 0 fully saturated rings. The number of rotatable bonds is 7. The van der Waals surface area contributed by atoms with Crippen LogP contribution in [0.2, 0.25) is 0 Å². The first-order chi connectivity index (χ1) is 13.7. The molecule has 29 heavy (non-hydrogen) atoms. The van der Waals surface area contributed by atoms with E-state index in [1.54, 1.807) is 35.2 Å². The normalized spacial score (nSPS) is 11.4. The van der Waals surface area contributed by atoms with Gasteiger partial charge in [-0.3, -0.25) is 0 Å². The van der Waals surface area contributed by atoms with Crippen LogP contribution in [-0.4, -0.2) is 17.7 Å². The number of carbonyl (C=O) groups is 1. The van der Waals surface area contributed by atoms with Gasteiger partial charge in [0, 0.05) is 20.4 Å². The highest BCUT2D eigenvalue weighted by atomic mass is 32.2. The maximum absolute atomic E-state index is 12.7. The van der Waals surface area contributed by atoms with Gasteiger partial charge in [-0.05, 0) is 60.5 Å². The molecular weight excluding hydrogens is 421 g/mol. The number of ether oxygens (including phenoxy) is 1. The van der Waals surface area contributed by atoms with E-state index in [1.807, 2.05) is 19.1 Å². The van der Waals surface area contributed by atoms with Crippen molar-refractivity contribution in [3.8, 4) is 16.2 Å². The summed E-state index contributed by atoms with van der Waals surface area (Å²) in [4.78, 5) is 13.6. The molecule has 0 unspecified atom stereocenters. The van der Waals surface area contributed by atoms with Crippen molar-refractivity contribution in [2.24, 2.45) is 0 Å². The van der Waals surface area contributed by atoms with Gasteiger partial charge >= 0.3 is 12.1 Å². The van der Waals surface area contributed by atoms with E-state index in [1.165, 1.54) is 12.1 Å². The van der Waals surface area contributed by atoms with E-state index in [4.69, 9.17) is 9.84 Å². The molecule has 0 amide bonds. The van der Waals surface area contributed by atoms with Crippen LogP contribution in [0.1, 0.15) is 16.0 Å². The van der Waals surface area contributed by atoms with Gasteiger partial charge in [0.15, 0.2) is 6.61 Å². The van der Waals surface area contributed by atoms with Gasteiger partial charge in [0.25, 0.3) is 0 Å². The molecule has 0 saturated heterocycles. The van der Waals surface area contributed by atoms with Crippen LogP contribution in [0, 0.1) is 6.92 Å². The first-order valence-corrected chi connectivity index (χ1v) is 10.4. The standard InChI is InChI=1S/C21H17F3O3S2/c1-13-10-18(12-28-17-8-6-16(7-9-17)27-11-19(25)26)29-20(13)14-2-4-15(5-3-14)21(22,23)24/h2-10H,11-12H2,1H3,(H,25,26). The van der Waals surface area contributed by atoms with E-state index in [2.05, 4.69) is 6.07 Å². The molecule has 1 heterocycles. The maximum atomic E-state index is 12.7. The molecule has 3 aromatic rings. The molecule has 0 aliphatic carbocycles. The van der Waals surface area contributed by atoms with Crippen molar-refractivity contribution in [2.45, 2.75) is 23.7 Å². The summed E-state index contributed by atoms with van der Waals surface area (Å²) < 4.78 is 43.3. The summed E-state index contributed by atoms with van der Waals surface area (Å²) in [6.07, 6.45) is -4.33. The third-order valence-electron chi connectivity index (χ3n) is 4.01. The van der Waals surface area contributed by atoms with Gasteiger partial charge < -0.3 is 9.84 Å². The van der Waals surface area contributed by atoms with Crippen molar-refractivity contribution in [1.82, 2.24) is 0 Å². The Bertz CT molecular complexity index is 978. The van der Waals surface area contributed by atoms with Crippen molar-refractivity contribution in [1.29, 1.82) is 0 Å². The van der Waals surface area contributed by atoms with E-state index in [0.29, 0.717) is 5.75 Å². The lowest BCUT2D eigenvalue weighted by atomic mass is 10.1. The Labute approximate surface area is 174 Å². The Morgan fingerprint density at radius 2 is 1.76 bits per heavy atom. The molecule has 1 aromatic heterocycles. The summed E-state index contributed by atoms with van der Waals surface area (Å²) in [6, 6.07) is 14.4. The second-order valence-electron chi connectivity index (χ2n) is 6.24. The van der Waals surface area contributed by atoms with Gasteiger partial charge in [-0.15, -0.1) is 23.1 Å². The van der Waals surface area contributed by atoms with E-state index in [-0.39, 0.29) is 6.61 Å². The molecule has 0 atom stereocenters. The second kappa shape index (κ2) is 8.92. The van der Waals surface area contributed by atoms with E-state index >= 15 is 0 Å². The Kier molecular flexibility index (Phi) is 6.54. The highest BCUT2D eigenvalue weighted by molar-refractivity contribution is 7.98. The van der Waals surface area contributed by atoms with Crippen LogP contribution < -0.4 is 4.74 Å². The van der Waals surface area contributed by atoms with Crippen LogP contribution in [0.15, 0.2) is 59.5 Å². The molecule has 2 aromatic carbocycles. The number of benzene rings is 2. The van der Waals surface area contributed by atoms with E-state index in [0.717, 1.165) is 43.7 Å². The summed E-state index contributed by atoms with van der Waals surface area (Å²) in [5.74, 6) is 0.190. The topological polar surface area (TPSA) is 46.5 Å². The minimum Gasteiger partial charge on any atom is -0.482 e. The minimum absolute atomic E-state index is 0.381. The fraction of sp³-hybridized carbons (Fsp3) is 0.190. The number of halogens is 3. The number of alkyl halides is 3. The summed E-state index contributed by atoms with van der Waals surface area (Å²) in [5.41, 5.74) is 1.15. The summed E-state index contributed by atoms with van der Waals surface area (Å²) in [5, 5.41) is 8.62. The fourth-order valence-corrected chi connectivity index (χ4v) is 4.75. The first-order valence-electron chi connectivity index (χ1n) is 8.57. The lowest BCUT2D eigenvalue weighted by Crippen LogP contribution is -2.09. The van der Waals surface area contributed by atoms with Crippen LogP contribution in [0.5, 0.6) is 5.75 Å². The number of thioether (sulfide) groups is 1. The number of thiophene rings is 1. The van der Waals surface area contributed by atoms with Crippen molar-refractivity contribution in [3.63, 3.8) is 0 Å². The zero-order valence-corrected chi connectivity index (χ0v) is 17.0. The highest BCUT2D eigenvalue weighted by Crippen LogP contribution is 2.37. The number of aliphatic carboxylic acids is 1. The van der Waals surface area contributed by atoms with Crippen LogP contribution in [0.25, 0.3) is 10.4 Å². The van der Waals surface area contributed by atoms with Crippen molar-refractivity contribution >= 4 is 29.1 Å². The molecule has 3 nitrogen and oxygen atoms in total. The molecule has 1 N–H and O–H groups in total. The smallest absolute Gasteiger partial charge is 0.416 e. The molecule has 0 radical (unpaired) electrons. The maximum Gasteiger partial charge on any atom is 0.416 e. The lowest BCUT2D eigenvalue weighted by molar-refractivity contribution is -0.139. The average molecular weight is 438 g/mol. The zero-order chi connectivity index (χ0) is 21.0. The average Bonchev–Trinajstić information content (AvgIpc) is 3.05. The summed E-state index contributed by atoms with van der Waals surface area (Å²) in [6.45, 7) is 1.57. The van der Waals surface area contributed by atoms with Gasteiger partial charge in [0.05, 0.1) is 5.56 Å². The van der Waals surface area contributed by atoms with Crippen LogP contribution >= 0.6 is 23.1 Å². The van der Waals surface area contributed by atoms with Crippen molar-refractivity contribution in [2.75, 3.05) is 6.61 Å². The third-order valence-corrected chi connectivity index (χ3v) is 6.54. The van der Waals surface area contributed by atoms with Gasteiger partial charge in [-0.1, -0.05) is 12.1 Å². The van der Waals surface area contributed by atoms with Gasteiger partial charge in [-0.2, -0.15) is 13.2 Å². The largest absolute Gasteiger partial charge is 0.482 e. The summed E-state index contributed by atoms with van der Waals surface area (Å²) >= 11 is 3.19. The molecule has 0 bridgehead atoms. The molecular formula is C21H17F3O3S2. The van der Waals surface area contributed by atoms with Crippen LogP contribution in [0.4, 0.5) is 13.2 Å². The SMILES string of the molecule is Cc1cc(CSc2ccc(OCC(=O)O)cc2)sc1-c1ccc(C(F)(F)F)cc1. The number of carboxylic acids is 1. The van der Waals surface area contributed by atoms with Crippen LogP contribution in [-0.2, 0) is 16.7 Å². The molecule has 0 aliphatic rings. The molecule has 0 aliphatic heterocycles. The predicted octanol–water partition coefficient (Wildman–Crippen LogP) is 6.50. The summed E-state index contributed by atoms with van der Waals surface area (Å²) in [7, 11) is 0. The monoisotopic (exact) mass is 438 g/mol. The highest BCUT2D eigenvalue weighted by Gasteiger charge is 2.30. The Morgan fingerprint density at radius 3 is 2.34 bits per heavy atom. The molecule has 8 heteroatoms. The first kappa shape index (κ1) is 21.3. The number of hydrogen-bond acceptors (Lipinski definition) is 4. The predicted molar refractivity (Wildman–Crippen MR) is 109 cm³/mol. The zero-order valence-electron chi connectivity index (χ0n) is 15.3. The molecule has 152 valence electrons. The van der Waals surface area contributed by atoms with E-state index < -0.39 is 17.7 Å². The quantitative estimate of drug-likeness (QED) is 0.428. The Morgan fingerprint density at radius 1 is 1.10 bits per heavy atom. The van der Waals surface area contributed by atoms with Crippen molar-refractivity contribution in [3.05, 3.63) is 70.6 Å². The Hall–Kier alpha value is -2.45. The Balaban J connectivity index is 1.64. The number of aryl methyl sites for hydroxylation is 1. The third kappa shape index (κ3) is 5.77. The van der Waals surface area contributed by atoms with Crippen molar-refractivity contribution < 1.29 is 27.8 Å². The molecule has 3 rings (SSSR count). The second-order valence-corrected chi connectivity index (χ2v) is 8.43. The van der Waals surface area contributed by atoms with Gasteiger partial charge in [-0.25, -0.2) is 4.79 Å². The lowest BCUT2D eigenvalue weighted by Gasteiger charge is -2.07. The van der Waals surface area contributed by atoms with Crippen LogP contribution in [0.3, 0.4) is 0 Å². The number of carboxylic acid groups (broad SMARTS) is 1. The van der Waals surface area contributed by atoms with Gasteiger partial charge in [0.2, 0.25) is 0 Å². The molecule has 0 saturated carbocycles. The number of hydrogen-bond donors (Lipinski definition) is 1. The van der Waals surface area contributed by atoms with E-state index in [9.17, 15) is 18.0 Å². The fourth-order valence-electron chi connectivity index (χ4n) is 2.65. The molecule has 0 spiro atoms. The van der Waals surface area contributed by atoms with Gasteiger partial charge in [0.1, 0.15) is 5.75 Å².